The summed E-state index contributed by atoms with van der Waals surface area (Å²) in [5.74, 6) is -5.95. The molecular formula is C21H27FO6. The maximum Gasteiger partial charge on any atom is 0.317 e. The summed E-state index contributed by atoms with van der Waals surface area (Å²) in [5, 5.41) is 10.6. The van der Waals surface area contributed by atoms with Crippen LogP contribution in [0.4, 0.5) is 4.39 Å². The van der Waals surface area contributed by atoms with Gasteiger partial charge in [-0.05, 0) is 58.7 Å². The van der Waals surface area contributed by atoms with E-state index in [1.165, 1.54) is 31.2 Å². The van der Waals surface area contributed by atoms with Gasteiger partial charge in [0.25, 0.3) is 0 Å². The fourth-order valence-electron chi connectivity index (χ4n) is 3.60. The molecule has 1 fully saturated rings. The lowest BCUT2D eigenvalue weighted by atomic mass is 9.63. The van der Waals surface area contributed by atoms with Gasteiger partial charge in [0.1, 0.15) is 17.3 Å². The van der Waals surface area contributed by atoms with Crippen LogP contribution in [0.1, 0.15) is 52.5 Å². The average Bonchev–Trinajstić information content (AvgIpc) is 2.56. The number of carbonyl (C=O) groups excluding carboxylic acids is 3. The first-order valence-corrected chi connectivity index (χ1v) is 9.37. The molecule has 0 aromatic heterocycles. The van der Waals surface area contributed by atoms with Gasteiger partial charge < -0.3 is 14.6 Å². The number of rotatable bonds is 5. The second kappa shape index (κ2) is 8.39. The van der Waals surface area contributed by atoms with Gasteiger partial charge in [-0.1, -0.05) is 12.1 Å². The van der Waals surface area contributed by atoms with Crippen molar-refractivity contribution < 1.29 is 33.4 Å². The third-order valence-corrected chi connectivity index (χ3v) is 4.74. The zero-order valence-corrected chi connectivity index (χ0v) is 16.8. The molecule has 0 spiro atoms. The molecule has 1 aromatic carbocycles. The van der Waals surface area contributed by atoms with Crippen LogP contribution in [0.2, 0.25) is 0 Å². The highest BCUT2D eigenvalue weighted by atomic mass is 19.1. The van der Waals surface area contributed by atoms with Crippen molar-refractivity contribution in [2.24, 2.45) is 11.8 Å². The van der Waals surface area contributed by atoms with Gasteiger partial charge >= 0.3 is 11.9 Å². The van der Waals surface area contributed by atoms with Gasteiger partial charge in [0.2, 0.25) is 0 Å². The highest BCUT2D eigenvalue weighted by Crippen LogP contribution is 2.45. The molecule has 6 nitrogen and oxygen atoms in total. The Bertz CT molecular complexity index is 738. The van der Waals surface area contributed by atoms with Gasteiger partial charge in [0.05, 0.1) is 18.1 Å². The zero-order valence-electron chi connectivity index (χ0n) is 16.8. The van der Waals surface area contributed by atoms with Gasteiger partial charge in [-0.2, -0.15) is 0 Å². The maximum atomic E-state index is 13.4. The molecule has 1 aliphatic rings. The topological polar surface area (TPSA) is 89.9 Å². The molecule has 0 heterocycles. The van der Waals surface area contributed by atoms with Crippen molar-refractivity contribution in [3.8, 4) is 0 Å². The van der Waals surface area contributed by atoms with Crippen molar-refractivity contribution in [1.82, 2.24) is 0 Å². The lowest BCUT2D eigenvalue weighted by Gasteiger charge is -2.42. The average molecular weight is 394 g/mol. The Kier molecular flexibility index (Phi) is 6.59. The summed E-state index contributed by atoms with van der Waals surface area (Å²) in [6.45, 7) is 7.92. The van der Waals surface area contributed by atoms with Gasteiger partial charge in [-0.25, -0.2) is 4.39 Å². The van der Waals surface area contributed by atoms with Crippen LogP contribution in [0.25, 0.3) is 0 Å². The highest BCUT2D eigenvalue weighted by molar-refractivity contribution is 6.06. The van der Waals surface area contributed by atoms with Crippen LogP contribution in [0.15, 0.2) is 24.3 Å². The molecule has 7 heteroatoms. The summed E-state index contributed by atoms with van der Waals surface area (Å²) in [4.78, 5) is 38.5. The molecule has 0 bridgehead atoms. The Balaban J connectivity index is 2.57. The first kappa shape index (κ1) is 22.0. The van der Waals surface area contributed by atoms with E-state index in [1.807, 2.05) is 0 Å². The van der Waals surface area contributed by atoms with E-state index in [-0.39, 0.29) is 6.42 Å². The lowest BCUT2D eigenvalue weighted by molar-refractivity contribution is -0.173. The Labute approximate surface area is 164 Å². The number of aliphatic hydroxyl groups is 1. The number of esters is 2. The molecule has 154 valence electrons. The minimum atomic E-state index is -1.89. The molecule has 4 atom stereocenters. The van der Waals surface area contributed by atoms with Crippen LogP contribution in [-0.4, -0.2) is 40.6 Å². The largest absolute Gasteiger partial charge is 0.463 e. The van der Waals surface area contributed by atoms with E-state index in [1.54, 1.807) is 27.7 Å². The molecule has 1 N–H and O–H groups in total. The van der Waals surface area contributed by atoms with Gasteiger partial charge in [-0.3, -0.25) is 14.4 Å². The molecular weight excluding hydrogens is 367 g/mol. The summed E-state index contributed by atoms with van der Waals surface area (Å²) in [6.07, 6.45) is -1.10. The number of ether oxygens (including phenoxy) is 2. The Morgan fingerprint density at radius 3 is 2.07 bits per heavy atom. The molecule has 28 heavy (non-hydrogen) atoms. The predicted molar refractivity (Wildman–Crippen MR) is 98.8 cm³/mol. The van der Waals surface area contributed by atoms with Crippen LogP contribution in [-0.2, 0) is 23.9 Å². The SMILES string of the molecule is CC(C)OC(=O)C1CC(C)(O)C(=O)C(C(=O)OC(C)C)C1c1ccc(F)cc1. The third kappa shape index (κ3) is 4.76. The molecule has 1 aliphatic carbocycles. The summed E-state index contributed by atoms with van der Waals surface area (Å²) in [7, 11) is 0. The number of carbonyl (C=O) groups is 3. The Morgan fingerprint density at radius 1 is 1.07 bits per heavy atom. The highest BCUT2D eigenvalue weighted by Gasteiger charge is 2.56. The molecule has 0 amide bonds. The quantitative estimate of drug-likeness (QED) is 0.610. The number of Topliss-reactive ketones (excluding diaryl/α,β-unsaturated/α-hetero) is 1. The summed E-state index contributed by atoms with van der Waals surface area (Å²) < 4.78 is 24.0. The van der Waals surface area contributed by atoms with Crippen LogP contribution in [0.5, 0.6) is 0 Å². The van der Waals surface area contributed by atoms with E-state index in [4.69, 9.17) is 9.47 Å². The minimum Gasteiger partial charge on any atom is -0.463 e. The van der Waals surface area contributed by atoms with Crippen molar-refractivity contribution in [3.05, 3.63) is 35.6 Å². The summed E-state index contributed by atoms with van der Waals surface area (Å²) in [5.41, 5.74) is -1.46. The minimum absolute atomic E-state index is 0.203. The normalized spacial score (nSPS) is 27.8. The van der Waals surface area contributed by atoms with Gasteiger partial charge in [0, 0.05) is 5.92 Å². The predicted octanol–water partition coefficient (Wildman–Crippen LogP) is 2.77. The van der Waals surface area contributed by atoms with E-state index < -0.39 is 59.1 Å². The fourth-order valence-corrected chi connectivity index (χ4v) is 3.60. The Morgan fingerprint density at radius 2 is 1.57 bits per heavy atom. The first-order valence-electron chi connectivity index (χ1n) is 9.37. The van der Waals surface area contributed by atoms with Crippen molar-refractivity contribution in [1.29, 1.82) is 0 Å². The molecule has 0 aliphatic heterocycles. The number of hydrogen-bond donors (Lipinski definition) is 1. The second-order valence-electron chi connectivity index (χ2n) is 7.98. The van der Waals surface area contributed by atoms with Crippen molar-refractivity contribution in [2.75, 3.05) is 0 Å². The van der Waals surface area contributed by atoms with E-state index in [2.05, 4.69) is 0 Å². The number of hydrogen-bond acceptors (Lipinski definition) is 6. The molecule has 0 saturated heterocycles. The molecule has 2 rings (SSSR count). The van der Waals surface area contributed by atoms with Crippen LogP contribution < -0.4 is 0 Å². The van der Waals surface area contributed by atoms with E-state index in [0.29, 0.717) is 5.56 Å². The molecule has 1 aromatic rings. The molecule has 1 saturated carbocycles. The number of ketones is 1. The standard InChI is InChI=1S/C21H27FO6/c1-11(2)27-19(24)15-10-21(5,26)18(23)17(20(25)28-12(3)4)16(15)13-6-8-14(22)9-7-13/h6-9,11-12,15-17,26H,10H2,1-5H3. The van der Waals surface area contributed by atoms with Crippen molar-refractivity contribution in [3.63, 3.8) is 0 Å². The van der Waals surface area contributed by atoms with Gasteiger partial charge in [0.15, 0.2) is 5.78 Å². The van der Waals surface area contributed by atoms with Gasteiger partial charge in [-0.15, -0.1) is 0 Å². The van der Waals surface area contributed by atoms with E-state index in [0.717, 1.165) is 0 Å². The molecule has 4 unspecified atom stereocenters. The van der Waals surface area contributed by atoms with Crippen LogP contribution in [0.3, 0.4) is 0 Å². The van der Waals surface area contributed by atoms with E-state index >= 15 is 0 Å². The lowest BCUT2D eigenvalue weighted by Crippen LogP contribution is -2.55. The second-order valence-corrected chi connectivity index (χ2v) is 7.98. The van der Waals surface area contributed by atoms with E-state index in [9.17, 15) is 23.9 Å². The summed E-state index contributed by atoms with van der Waals surface area (Å²) in [6, 6.07) is 5.25. The first-order chi connectivity index (χ1) is 12.9. The van der Waals surface area contributed by atoms with Crippen LogP contribution in [0, 0.1) is 17.7 Å². The Hall–Kier alpha value is -2.28. The van der Waals surface area contributed by atoms with Crippen molar-refractivity contribution >= 4 is 17.7 Å². The number of benzene rings is 1. The zero-order chi connectivity index (χ0) is 21.2. The summed E-state index contributed by atoms with van der Waals surface area (Å²) >= 11 is 0. The third-order valence-electron chi connectivity index (χ3n) is 4.74. The number of halogens is 1. The molecule has 0 radical (unpaired) electrons. The smallest absolute Gasteiger partial charge is 0.317 e. The van der Waals surface area contributed by atoms with Crippen molar-refractivity contribution in [2.45, 2.75) is 64.8 Å². The maximum absolute atomic E-state index is 13.4. The monoisotopic (exact) mass is 394 g/mol. The van der Waals surface area contributed by atoms with Crippen LogP contribution >= 0.6 is 0 Å². The fraction of sp³-hybridized carbons (Fsp3) is 0.571.